The molecule has 20 heavy (non-hydrogen) atoms. The molecule has 0 amide bonds. The SMILES string of the molecule is COc1ccc(-c2ccccc2C(C=O)OP=O)cc1. The predicted octanol–water partition coefficient (Wildman–Crippen LogP) is 3.83. The highest BCUT2D eigenvalue weighted by atomic mass is 31.1. The highest BCUT2D eigenvalue weighted by Crippen LogP contribution is 2.31. The summed E-state index contributed by atoms with van der Waals surface area (Å²) in [6.07, 6.45) is -0.222. The Morgan fingerprint density at radius 1 is 1.10 bits per heavy atom. The molecule has 1 unspecified atom stereocenters. The molecule has 0 saturated heterocycles. The van der Waals surface area contributed by atoms with Crippen molar-refractivity contribution in [3.8, 4) is 16.9 Å². The quantitative estimate of drug-likeness (QED) is 0.599. The summed E-state index contributed by atoms with van der Waals surface area (Å²) in [7, 11) is 1.08. The molecule has 1 atom stereocenters. The van der Waals surface area contributed by atoms with Gasteiger partial charge < -0.3 is 9.53 Å². The number of aldehydes is 1. The van der Waals surface area contributed by atoms with Crippen LogP contribution in [-0.2, 0) is 13.9 Å². The normalized spacial score (nSPS) is 12.1. The van der Waals surface area contributed by atoms with Gasteiger partial charge in [-0.05, 0) is 28.8 Å². The molecule has 0 aromatic heterocycles. The molecule has 5 heteroatoms. The maximum atomic E-state index is 11.1. The largest absolute Gasteiger partial charge is 0.497 e. The Morgan fingerprint density at radius 3 is 2.40 bits per heavy atom. The van der Waals surface area contributed by atoms with Gasteiger partial charge in [0.15, 0.2) is 12.4 Å². The summed E-state index contributed by atoms with van der Waals surface area (Å²) in [6, 6.07) is 14.8. The second kappa shape index (κ2) is 6.94. The molecule has 0 spiro atoms. The Balaban J connectivity index is 2.44. The molecular weight excluding hydrogens is 275 g/mol. The van der Waals surface area contributed by atoms with Crippen molar-refractivity contribution in [1.29, 1.82) is 0 Å². The molecule has 0 heterocycles. The first-order chi connectivity index (χ1) is 9.80. The average molecular weight is 288 g/mol. The molecule has 102 valence electrons. The van der Waals surface area contributed by atoms with Crippen molar-refractivity contribution in [3.63, 3.8) is 0 Å². The van der Waals surface area contributed by atoms with E-state index in [1.54, 1.807) is 13.2 Å². The van der Waals surface area contributed by atoms with E-state index in [2.05, 4.69) is 0 Å². The standard InChI is InChI=1S/C15H13O4P/c1-18-12-8-6-11(7-9-12)13-4-2-3-5-14(13)15(10-16)19-20-17/h2-10,15H,1H3. The van der Waals surface area contributed by atoms with Gasteiger partial charge >= 0.3 is 8.69 Å². The van der Waals surface area contributed by atoms with Crippen LogP contribution in [0.2, 0.25) is 0 Å². The number of carbonyl (C=O) groups excluding carboxylic acids is 1. The van der Waals surface area contributed by atoms with E-state index < -0.39 is 14.8 Å². The van der Waals surface area contributed by atoms with Crippen molar-refractivity contribution in [2.45, 2.75) is 6.10 Å². The fourth-order valence-corrected chi connectivity index (χ4v) is 2.24. The third kappa shape index (κ3) is 3.10. The molecule has 0 fully saturated rings. The van der Waals surface area contributed by atoms with E-state index in [4.69, 9.17) is 9.26 Å². The molecule has 0 radical (unpaired) electrons. The highest BCUT2D eigenvalue weighted by Gasteiger charge is 2.16. The van der Waals surface area contributed by atoms with Gasteiger partial charge in [0, 0.05) is 0 Å². The molecule has 0 aliphatic heterocycles. The van der Waals surface area contributed by atoms with Gasteiger partial charge in [-0.1, -0.05) is 36.4 Å². The predicted molar refractivity (Wildman–Crippen MR) is 75.9 cm³/mol. The van der Waals surface area contributed by atoms with Crippen LogP contribution >= 0.6 is 8.69 Å². The van der Waals surface area contributed by atoms with Gasteiger partial charge in [0.25, 0.3) is 0 Å². The second-order valence-electron chi connectivity index (χ2n) is 4.05. The van der Waals surface area contributed by atoms with E-state index in [1.807, 2.05) is 42.5 Å². The Labute approximate surface area is 118 Å². The Kier molecular flexibility index (Phi) is 4.99. The third-order valence-electron chi connectivity index (χ3n) is 2.95. The zero-order chi connectivity index (χ0) is 14.4. The van der Waals surface area contributed by atoms with Crippen LogP contribution in [-0.4, -0.2) is 13.4 Å². The molecule has 0 bridgehead atoms. The summed E-state index contributed by atoms with van der Waals surface area (Å²) in [4.78, 5) is 11.1. The summed E-state index contributed by atoms with van der Waals surface area (Å²) in [5.74, 6) is 0.757. The van der Waals surface area contributed by atoms with Crippen LogP contribution in [0.4, 0.5) is 0 Å². The van der Waals surface area contributed by atoms with Crippen LogP contribution in [0.15, 0.2) is 48.5 Å². The summed E-state index contributed by atoms with van der Waals surface area (Å²) in [5.41, 5.74) is 2.46. The van der Waals surface area contributed by atoms with Crippen LogP contribution in [0.3, 0.4) is 0 Å². The number of rotatable bonds is 6. The first-order valence-electron chi connectivity index (χ1n) is 5.97. The lowest BCUT2D eigenvalue weighted by Gasteiger charge is -2.13. The lowest BCUT2D eigenvalue weighted by molar-refractivity contribution is -0.113. The van der Waals surface area contributed by atoms with Crippen LogP contribution in [0.5, 0.6) is 5.75 Å². The number of ether oxygens (including phenoxy) is 1. The van der Waals surface area contributed by atoms with Gasteiger partial charge in [-0.3, -0.25) is 4.52 Å². The number of hydrogen-bond acceptors (Lipinski definition) is 4. The van der Waals surface area contributed by atoms with Crippen LogP contribution in [0, 0.1) is 0 Å². The van der Waals surface area contributed by atoms with Crippen molar-refractivity contribution >= 4 is 15.0 Å². The monoisotopic (exact) mass is 288 g/mol. The summed E-state index contributed by atoms with van der Waals surface area (Å²) in [5, 5.41) is 0. The highest BCUT2D eigenvalue weighted by molar-refractivity contribution is 7.17. The molecule has 0 saturated carbocycles. The lowest BCUT2D eigenvalue weighted by atomic mass is 9.96. The fraction of sp³-hybridized carbons (Fsp3) is 0.133. The van der Waals surface area contributed by atoms with Crippen molar-refractivity contribution in [2.24, 2.45) is 0 Å². The molecular formula is C15H13O4P. The smallest absolute Gasteiger partial charge is 0.328 e. The van der Waals surface area contributed by atoms with Crippen LogP contribution < -0.4 is 4.74 Å². The minimum absolute atomic E-state index is 0.520. The van der Waals surface area contributed by atoms with Crippen LogP contribution in [0.1, 0.15) is 11.7 Å². The molecule has 2 rings (SSSR count). The van der Waals surface area contributed by atoms with Crippen molar-refractivity contribution in [1.82, 2.24) is 0 Å². The van der Waals surface area contributed by atoms with Gasteiger partial charge in [0.1, 0.15) is 5.75 Å². The fourth-order valence-electron chi connectivity index (χ4n) is 1.98. The topological polar surface area (TPSA) is 52.6 Å². The second-order valence-corrected chi connectivity index (χ2v) is 4.41. The Bertz CT molecular complexity index is 595. The summed E-state index contributed by atoms with van der Waals surface area (Å²) >= 11 is 0. The van der Waals surface area contributed by atoms with E-state index in [0.29, 0.717) is 11.8 Å². The number of benzene rings is 2. The average Bonchev–Trinajstić information content (AvgIpc) is 2.53. The van der Waals surface area contributed by atoms with Crippen LogP contribution in [0.25, 0.3) is 11.1 Å². The van der Waals surface area contributed by atoms with E-state index >= 15 is 0 Å². The van der Waals surface area contributed by atoms with Gasteiger partial charge in [-0.25, -0.2) is 4.57 Å². The zero-order valence-electron chi connectivity index (χ0n) is 10.9. The van der Waals surface area contributed by atoms with Crippen molar-refractivity contribution in [3.05, 3.63) is 54.1 Å². The number of methoxy groups -OCH3 is 1. The van der Waals surface area contributed by atoms with Gasteiger partial charge in [0.2, 0.25) is 0 Å². The molecule has 2 aromatic carbocycles. The maximum Gasteiger partial charge on any atom is 0.328 e. The molecule has 0 aliphatic carbocycles. The Hall–Kier alpha value is -2.03. The van der Waals surface area contributed by atoms with E-state index in [1.165, 1.54) is 0 Å². The number of hydrogen-bond donors (Lipinski definition) is 0. The third-order valence-corrected chi connectivity index (χ3v) is 3.26. The maximum absolute atomic E-state index is 11.1. The number of carbonyl (C=O) groups is 1. The van der Waals surface area contributed by atoms with Gasteiger partial charge in [0.05, 0.1) is 7.11 Å². The first kappa shape index (κ1) is 14.4. The molecule has 0 N–H and O–H groups in total. The molecule has 0 aliphatic rings. The van der Waals surface area contributed by atoms with Crippen molar-refractivity contribution in [2.75, 3.05) is 7.11 Å². The van der Waals surface area contributed by atoms with Crippen molar-refractivity contribution < 1.29 is 18.6 Å². The van der Waals surface area contributed by atoms with E-state index in [0.717, 1.165) is 16.9 Å². The van der Waals surface area contributed by atoms with E-state index in [-0.39, 0.29) is 0 Å². The first-order valence-corrected chi connectivity index (χ1v) is 6.70. The molecule has 2 aromatic rings. The van der Waals surface area contributed by atoms with Gasteiger partial charge in [-0.15, -0.1) is 0 Å². The van der Waals surface area contributed by atoms with E-state index in [9.17, 15) is 9.36 Å². The Morgan fingerprint density at radius 2 is 1.80 bits per heavy atom. The summed E-state index contributed by atoms with van der Waals surface area (Å²) in [6.45, 7) is 0. The molecule has 4 nitrogen and oxygen atoms in total. The minimum atomic E-state index is -0.854. The zero-order valence-corrected chi connectivity index (χ0v) is 11.7. The minimum Gasteiger partial charge on any atom is -0.497 e. The van der Waals surface area contributed by atoms with Gasteiger partial charge in [-0.2, -0.15) is 0 Å². The summed E-state index contributed by atoms with van der Waals surface area (Å²) < 4.78 is 20.6. The lowest BCUT2D eigenvalue weighted by Crippen LogP contribution is -2.02.